The predicted octanol–water partition coefficient (Wildman–Crippen LogP) is 4.29. The highest BCUT2D eigenvalue weighted by Crippen LogP contribution is 2.27. The maximum Gasteiger partial charge on any atom is 0.280 e. The van der Waals surface area contributed by atoms with Crippen LogP contribution in [-0.2, 0) is 0 Å². The molecule has 140 valence electrons. The number of amides is 1. The first-order chi connectivity index (χ1) is 13.5. The fourth-order valence-electron chi connectivity index (χ4n) is 2.81. The van der Waals surface area contributed by atoms with E-state index >= 15 is 0 Å². The number of pyridine rings is 1. The summed E-state index contributed by atoms with van der Waals surface area (Å²) in [5.74, 6) is -0.503. The highest BCUT2D eigenvalue weighted by Gasteiger charge is 2.21. The molecule has 3 heterocycles. The van der Waals surface area contributed by atoms with E-state index in [-0.39, 0.29) is 16.9 Å². The number of aryl methyl sites for hydroxylation is 1. The second kappa shape index (κ2) is 7.15. The number of carbonyl (C=O) groups is 1. The van der Waals surface area contributed by atoms with Gasteiger partial charge in [0.1, 0.15) is 11.3 Å². The molecule has 0 atom stereocenters. The molecule has 0 aliphatic carbocycles. The number of hydrogen-bond donors (Lipinski definition) is 1. The largest absolute Gasteiger partial charge is 0.320 e. The number of hydrogen-bond acceptors (Lipinski definition) is 4. The van der Waals surface area contributed by atoms with Crippen molar-refractivity contribution in [1.29, 1.82) is 0 Å². The first-order valence-corrected chi connectivity index (χ1v) is 8.48. The third-order valence-corrected chi connectivity index (χ3v) is 4.23. The van der Waals surface area contributed by atoms with Gasteiger partial charge in [-0.05, 0) is 25.1 Å². The van der Waals surface area contributed by atoms with E-state index < -0.39 is 12.3 Å². The van der Waals surface area contributed by atoms with Crippen LogP contribution >= 0.6 is 0 Å². The minimum absolute atomic E-state index is 0.0646. The highest BCUT2D eigenvalue weighted by atomic mass is 19.3. The minimum Gasteiger partial charge on any atom is -0.320 e. The molecule has 1 N–H and O–H groups in total. The summed E-state index contributed by atoms with van der Waals surface area (Å²) in [5, 5.41) is 6.62. The second-order valence-corrected chi connectivity index (χ2v) is 6.22. The molecule has 8 heteroatoms. The van der Waals surface area contributed by atoms with Crippen molar-refractivity contribution in [3.05, 3.63) is 77.9 Å². The van der Waals surface area contributed by atoms with E-state index in [9.17, 15) is 13.6 Å². The standard InChI is InChI=1S/C20H15F2N5O/c1-12-4-6-13(7-5-12)16-9-17(18(21)22)27-19(26-16)15(11-24-27)20(28)25-14-3-2-8-23-10-14/h2-11,18H,1H3,(H,25,28). The van der Waals surface area contributed by atoms with Crippen molar-refractivity contribution in [2.24, 2.45) is 0 Å². The molecule has 6 nitrogen and oxygen atoms in total. The summed E-state index contributed by atoms with van der Waals surface area (Å²) >= 11 is 0. The molecule has 3 aromatic heterocycles. The number of alkyl halides is 2. The number of nitrogens with zero attached hydrogens (tertiary/aromatic N) is 4. The summed E-state index contributed by atoms with van der Waals surface area (Å²) in [4.78, 5) is 21.0. The smallest absolute Gasteiger partial charge is 0.280 e. The first kappa shape index (κ1) is 17.7. The number of halogens is 2. The molecular formula is C20H15F2N5O. The number of rotatable bonds is 4. The third-order valence-electron chi connectivity index (χ3n) is 4.23. The molecule has 1 aromatic carbocycles. The summed E-state index contributed by atoms with van der Waals surface area (Å²) in [6.45, 7) is 1.93. The normalized spacial score (nSPS) is 11.1. The van der Waals surface area contributed by atoms with Crippen molar-refractivity contribution in [2.75, 3.05) is 5.32 Å². The lowest BCUT2D eigenvalue weighted by atomic mass is 10.1. The fraction of sp³-hybridized carbons (Fsp3) is 0.100. The zero-order chi connectivity index (χ0) is 19.7. The monoisotopic (exact) mass is 379 g/mol. The van der Waals surface area contributed by atoms with Crippen molar-refractivity contribution in [3.8, 4) is 11.3 Å². The van der Waals surface area contributed by atoms with Crippen LogP contribution < -0.4 is 5.32 Å². The van der Waals surface area contributed by atoms with Crippen LogP contribution in [0.15, 0.2) is 61.1 Å². The van der Waals surface area contributed by atoms with Gasteiger partial charge >= 0.3 is 0 Å². The Bertz CT molecular complexity index is 1140. The number of aromatic nitrogens is 4. The molecule has 0 saturated heterocycles. The van der Waals surface area contributed by atoms with Crippen molar-refractivity contribution in [3.63, 3.8) is 0 Å². The van der Waals surface area contributed by atoms with Crippen molar-refractivity contribution < 1.29 is 13.6 Å². The Balaban J connectivity index is 1.82. The SMILES string of the molecule is Cc1ccc(-c2cc(C(F)F)n3ncc(C(=O)Nc4cccnc4)c3n2)cc1. The Morgan fingerprint density at radius 3 is 2.61 bits per heavy atom. The fourth-order valence-corrected chi connectivity index (χ4v) is 2.81. The maximum absolute atomic E-state index is 13.6. The summed E-state index contributed by atoms with van der Waals surface area (Å²) in [6.07, 6.45) is 1.52. The molecule has 0 bridgehead atoms. The van der Waals surface area contributed by atoms with Gasteiger partial charge in [-0.1, -0.05) is 29.8 Å². The lowest BCUT2D eigenvalue weighted by molar-refractivity contribution is 0.102. The topological polar surface area (TPSA) is 72.2 Å². The lowest BCUT2D eigenvalue weighted by Gasteiger charge is -2.09. The van der Waals surface area contributed by atoms with E-state index in [2.05, 4.69) is 20.4 Å². The van der Waals surface area contributed by atoms with Gasteiger partial charge in [-0.2, -0.15) is 5.10 Å². The third kappa shape index (κ3) is 3.32. The van der Waals surface area contributed by atoms with Gasteiger partial charge in [0.2, 0.25) is 0 Å². The van der Waals surface area contributed by atoms with Gasteiger partial charge < -0.3 is 5.32 Å². The van der Waals surface area contributed by atoms with Gasteiger partial charge in [0.05, 0.1) is 23.8 Å². The maximum atomic E-state index is 13.6. The number of nitrogens with one attached hydrogen (secondary N) is 1. The van der Waals surface area contributed by atoms with Crippen LogP contribution in [0.1, 0.15) is 28.0 Å². The van der Waals surface area contributed by atoms with E-state index in [0.717, 1.165) is 10.1 Å². The van der Waals surface area contributed by atoms with Crippen LogP contribution in [0.25, 0.3) is 16.9 Å². The Morgan fingerprint density at radius 2 is 1.93 bits per heavy atom. The van der Waals surface area contributed by atoms with Crippen LogP contribution in [0.2, 0.25) is 0 Å². The molecule has 4 rings (SSSR count). The van der Waals surface area contributed by atoms with Gasteiger partial charge in [0.15, 0.2) is 5.65 Å². The summed E-state index contributed by atoms with van der Waals surface area (Å²) in [6, 6.07) is 12.0. The molecule has 4 aromatic rings. The Labute approximate surface area is 158 Å². The van der Waals surface area contributed by atoms with E-state index in [0.29, 0.717) is 16.9 Å². The summed E-state index contributed by atoms with van der Waals surface area (Å²) < 4.78 is 28.2. The van der Waals surface area contributed by atoms with Gasteiger partial charge in [-0.15, -0.1) is 0 Å². The molecule has 0 radical (unpaired) electrons. The molecule has 0 aliphatic heterocycles. The molecule has 0 spiro atoms. The van der Waals surface area contributed by atoms with Gasteiger partial charge in [-0.25, -0.2) is 18.3 Å². The van der Waals surface area contributed by atoms with E-state index in [1.165, 1.54) is 18.5 Å². The van der Waals surface area contributed by atoms with Gasteiger partial charge in [-0.3, -0.25) is 9.78 Å². The molecule has 0 aliphatic rings. The summed E-state index contributed by atoms with van der Waals surface area (Å²) in [7, 11) is 0. The van der Waals surface area contributed by atoms with E-state index in [1.807, 2.05) is 19.1 Å². The Morgan fingerprint density at radius 1 is 1.14 bits per heavy atom. The van der Waals surface area contributed by atoms with Crippen molar-refractivity contribution in [2.45, 2.75) is 13.3 Å². The average molecular weight is 379 g/mol. The number of benzene rings is 1. The molecule has 0 saturated carbocycles. The quantitative estimate of drug-likeness (QED) is 0.574. The Hall–Kier alpha value is -3.68. The van der Waals surface area contributed by atoms with Crippen molar-refractivity contribution in [1.82, 2.24) is 19.6 Å². The lowest BCUT2D eigenvalue weighted by Crippen LogP contribution is -2.12. The van der Waals surface area contributed by atoms with Crippen LogP contribution in [0.3, 0.4) is 0 Å². The van der Waals surface area contributed by atoms with Gasteiger partial charge in [0.25, 0.3) is 12.3 Å². The molecule has 0 fully saturated rings. The number of anilines is 1. The van der Waals surface area contributed by atoms with E-state index in [1.54, 1.807) is 30.5 Å². The zero-order valence-electron chi connectivity index (χ0n) is 14.8. The number of fused-ring (bicyclic) bond motifs is 1. The zero-order valence-corrected chi connectivity index (χ0v) is 14.8. The van der Waals surface area contributed by atoms with E-state index in [4.69, 9.17) is 0 Å². The van der Waals surface area contributed by atoms with Crippen LogP contribution in [-0.4, -0.2) is 25.5 Å². The van der Waals surface area contributed by atoms with Crippen LogP contribution in [0.5, 0.6) is 0 Å². The molecule has 0 unspecified atom stereocenters. The van der Waals surface area contributed by atoms with Gasteiger partial charge in [0, 0.05) is 11.8 Å². The minimum atomic E-state index is -2.77. The van der Waals surface area contributed by atoms with Crippen molar-refractivity contribution >= 4 is 17.2 Å². The first-order valence-electron chi connectivity index (χ1n) is 8.48. The molecule has 1 amide bonds. The molecular weight excluding hydrogens is 364 g/mol. The number of carbonyl (C=O) groups excluding carboxylic acids is 1. The predicted molar refractivity (Wildman–Crippen MR) is 100 cm³/mol. The second-order valence-electron chi connectivity index (χ2n) is 6.22. The average Bonchev–Trinajstić information content (AvgIpc) is 3.12. The highest BCUT2D eigenvalue weighted by molar-refractivity contribution is 6.08. The Kier molecular flexibility index (Phi) is 4.52. The molecule has 28 heavy (non-hydrogen) atoms. The van der Waals surface area contributed by atoms with Crippen LogP contribution in [0, 0.1) is 6.92 Å². The summed E-state index contributed by atoms with van der Waals surface area (Å²) in [5.41, 5.74) is 2.37. The van der Waals surface area contributed by atoms with Crippen LogP contribution in [0.4, 0.5) is 14.5 Å².